The lowest BCUT2D eigenvalue weighted by Gasteiger charge is -2.27. The topological polar surface area (TPSA) is 44.4 Å². The van der Waals surface area contributed by atoms with Crippen LogP contribution in [0.25, 0.3) is 0 Å². The minimum atomic E-state index is 0.0513. The van der Waals surface area contributed by atoms with Crippen LogP contribution in [0.4, 0.5) is 0 Å². The van der Waals surface area contributed by atoms with E-state index in [9.17, 15) is 4.79 Å². The molecule has 1 aromatic carbocycles. The number of nitrogens with zero attached hydrogens (tertiary/aromatic N) is 1. The number of hydrogen-bond acceptors (Lipinski definition) is 4. The van der Waals surface area contributed by atoms with Crippen LogP contribution in [-0.2, 0) is 11.2 Å². The SMILES string of the molecule is O=C(NCCN1CCNCC1)C1Cc2ccccc2S1. The van der Waals surface area contributed by atoms with Gasteiger partial charge in [0.05, 0.1) is 5.25 Å². The Labute approximate surface area is 124 Å². The van der Waals surface area contributed by atoms with Gasteiger partial charge in [-0.05, 0) is 18.1 Å². The molecule has 1 unspecified atom stereocenters. The molecule has 5 heteroatoms. The van der Waals surface area contributed by atoms with Gasteiger partial charge in [0.25, 0.3) is 0 Å². The first-order valence-electron chi connectivity index (χ1n) is 7.28. The van der Waals surface area contributed by atoms with Crippen molar-refractivity contribution in [1.29, 1.82) is 0 Å². The summed E-state index contributed by atoms with van der Waals surface area (Å²) in [5.74, 6) is 0.182. The maximum atomic E-state index is 12.2. The van der Waals surface area contributed by atoms with Crippen LogP contribution in [0.1, 0.15) is 5.56 Å². The van der Waals surface area contributed by atoms with E-state index < -0.39 is 0 Å². The summed E-state index contributed by atoms with van der Waals surface area (Å²) in [5, 5.41) is 6.47. The highest BCUT2D eigenvalue weighted by Gasteiger charge is 2.27. The summed E-state index contributed by atoms with van der Waals surface area (Å²) >= 11 is 1.69. The van der Waals surface area contributed by atoms with Gasteiger partial charge < -0.3 is 10.6 Å². The lowest BCUT2D eigenvalue weighted by atomic mass is 10.1. The van der Waals surface area contributed by atoms with E-state index in [2.05, 4.69) is 27.7 Å². The Kier molecular flexibility index (Phi) is 4.60. The summed E-state index contributed by atoms with van der Waals surface area (Å²) in [5.41, 5.74) is 1.31. The van der Waals surface area contributed by atoms with Gasteiger partial charge in [-0.25, -0.2) is 0 Å². The fraction of sp³-hybridized carbons (Fsp3) is 0.533. The predicted molar refractivity (Wildman–Crippen MR) is 82.1 cm³/mol. The van der Waals surface area contributed by atoms with Crippen LogP contribution in [0.5, 0.6) is 0 Å². The summed E-state index contributed by atoms with van der Waals surface area (Å²) in [4.78, 5) is 15.8. The van der Waals surface area contributed by atoms with Gasteiger partial charge in [0.15, 0.2) is 0 Å². The molecule has 2 aliphatic heterocycles. The Morgan fingerprint density at radius 2 is 2.15 bits per heavy atom. The average molecular weight is 291 g/mol. The number of amides is 1. The highest BCUT2D eigenvalue weighted by atomic mass is 32.2. The molecule has 1 fully saturated rings. The number of thioether (sulfide) groups is 1. The Bertz CT molecular complexity index is 449. The third-order valence-electron chi connectivity index (χ3n) is 3.88. The van der Waals surface area contributed by atoms with Crippen molar-refractivity contribution in [2.45, 2.75) is 16.6 Å². The van der Waals surface area contributed by atoms with Crippen molar-refractivity contribution >= 4 is 17.7 Å². The van der Waals surface area contributed by atoms with Crippen LogP contribution in [0.2, 0.25) is 0 Å². The second kappa shape index (κ2) is 6.61. The summed E-state index contributed by atoms with van der Waals surface area (Å²) in [7, 11) is 0. The van der Waals surface area contributed by atoms with E-state index >= 15 is 0 Å². The average Bonchev–Trinajstić information content (AvgIpc) is 2.92. The molecule has 2 aliphatic rings. The number of hydrogen-bond donors (Lipinski definition) is 2. The Morgan fingerprint density at radius 3 is 2.95 bits per heavy atom. The van der Waals surface area contributed by atoms with Crippen molar-refractivity contribution in [3.63, 3.8) is 0 Å². The van der Waals surface area contributed by atoms with Gasteiger partial charge >= 0.3 is 0 Å². The zero-order valence-electron chi connectivity index (χ0n) is 11.6. The normalized spacial score (nSPS) is 22.5. The van der Waals surface area contributed by atoms with Crippen molar-refractivity contribution < 1.29 is 4.79 Å². The molecule has 20 heavy (non-hydrogen) atoms. The monoisotopic (exact) mass is 291 g/mol. The lowest BCUT2D eigenvalue weighted by molar-refractivity contribution is -0.120. The molecule has 0 bridgehead atoms. The molecule has 108 valence electrons. The standard InChI is InChI=1S/C15H21N3OS/c19-15(17-7-10-18-8-5-16-6-9-18)14-11-12-3-1-2-4-13(12)20-14/h1-4,14,16H,5-11H2,(H,17,19). The van der Waals surface area contributed by atoms with Crippen LogP contribution in [0.3, 0.4) is 0 Å². The summed E-state index contributed by atoms with van der Waals surface area (Å²) in [6, 6.07) is 8.31. The van der Waals surface area contributed by atoms with E-state index in [-0.39, 0.29) is 11.2 Å². The van der Waals surface area contributed by atoms with Crippen molar-refractivity contribution in [3.8, 4) is 0 Å². The number of carbonyl (C=O) groups excluding carboxylic acids is 1. The molecule has 1 aromatic rings. The highest BCUT2D eigenvalue weighted by molar-refractivity contribution is 8.01. The van der Waals surface area contributed by atoms with Gasteiger partial charge in [0, 0.05) is 44.2 Å². The van der Waals surface area contributed by atoms with Crippen LogP contribution in [0.15, 0.2) is 29.2 Å². The van der Waals surface area contributed by atoms with Crippen molar-refractivity contribution in [1.82, 2.24) is 15.5 Å². The second-order valence-electron chi connectivity index (χ2n) is 5.30. The van der Waals surface area contributed by atoms with Gasteiger partial charge in [0.2, 0.25) is 5.91 Å². The fourth-order valence-electron chi connectivity index (χ4n) is 2.71. The first kappa shape index (κ1) is 13.9. The van der Waals surface area contributed by atoms with Gasteiger partial charge in [-0.1, -0.05) is 18.2 Å². The predicted octanol–water partition coefficient (Wildman–Crippen LogP) is 0.725. The van der Waals surface area contributed by atoms with E-state index in [0.717, 1.165) is 45.7 Å². The molecule has 1 atom stereocenters. The van der Waals surface area contributed by atoms with Crippen LogP contribution >= 0.6 is 11.8 Å². The highest BCUT2D eigenvalue weighted by Crippen LogP contribution is 2.36. The van der Waals surface area contributed by atoms with Crippen molar-refractivity contribution in [2.75, 3.05) is 39.3 Å². The molecule has 0 aromatic heterocycles. The Morgan fingerprint density at radius 1 is 1.35 bits per heavy atom. The number of rotatable bonds is 4. The fourth-order valence-corrected chi connectivity index (χ4v) is 3.93. The molecule has 1 amide bonds. The van der Waals surface area contributed by atoms with E-state index in [1.807, 2.05) is 12.1 Å². The minimum absolute atomic E-state index is 0.0513. The molecule has 2 heterocycles. The molecule has 4 nitrogen and oxygen atoms in total. The zero-order chi connectivity index (χ0) is 13.8. The van der Waals surface area contributed by atoms with E-state index in [1.54, 1.807) is 11.8 Å². The first-order chi connectivity index (χ1) is 9.83. The molecule has 0 aliphatic carbocycles. The number of fused-ring (bicyclic) bond motifs is 1. The smallest absolute Gasteiger partial charge is 0.233 e. The molecule has 1 saturated heterocycles. The van der Waals surface area contributed by atoms with Gasteiger partial charge in [-0.2, -0.15) is 0 Å². The Hall–Kier alpha value is -1.04. The Balaban J connectivity index is 1.42. The van der Waals surface area contributed by atoms with E-state index in [4.69, 9.17) is 0 Å². The summed E-state index contributed by atoms with van der Waals surface area (Å²) in [6.07, 6.45) is 0.861. The molecule has 0 radical (unpaired) electrons. The molecule has 0 spiro atoms. The molecule has 2 N–H and O–H groups in total. The van der Waals surface area contributed by atoms with Crippen LogP contribution in [0, 0.1) is 0 Å². The van der Waals surface area contributed by atoms with E-state index in [1.165, 1.54) is 10.5 Å². The second-order valence-corrected chi connectivity index (χ2v) is 6.55. The van der Waals surface area contributed by atoms with Crippen LogP contribution in [-0.4, -0.2) is 55.3 Å². The van der Waals surface area contributed by atoms with Gasteiger partial charge in [-0.15, -0.1) is 11.8 Å². The number of carbonyl (C=O) groups is 1. The third-order valence-corrected chi connectivity index (χ3v) is 5.19. The third kappa shape index (κ3) is 3.34. The molecule has 3 rings (SSSR count). The molecular formula is C15H21N3OS. The number of piperazine rings is 1. The van der Waals surface area contributed by atoms with E-state index in [0.29, 0.717) is 0 Å². The molecular weight excluding hydrogens is 270 g/mol. The quantitative estimate of drug-likeness (QED) is 0.858. The van der Waals surface area contributed by atoms with Crippen LogP contribution < -0.4 is 10.6 Å². The maximum absolute atomic E-state index is 12.2. The maximum Gasteiger partial charge on any atom is 0.233 e. The van der Waals surface area contributed by atoms with Gasteiger partial charge in [-0.3, -0.25) is 9.69 Å². The first-order valence-corrected chi connectivity index (χ1v) is 8.16. The lowest BCUT2D eigenvalue weighted by Crippen LogP contribution is -2.46. The largest absolute Gasteiger partial charge is 0.354 e. The summed E-state index contributed by atoms with van der Waals surface area (Å²) < 4.78 is 0. The van der Waals surface area contributed by atoms with Crippen molar-refractivity contribution in [3.05, 3.63) is 29.8 Å². The number of nitrogens with one attached hydrogen (secondary N) is 2. The summed E-state index contributed by atoms with van der Waals surface area (Å²) in [6.45, 7) is 5.99. The number of benzene rings is 1. The molecule has 0 saturated carbocycles. The van der Waals surface area contributed by atoms with Crippen molar-refractivity contribution in [2.24, 2.45) is 0 Å². The zero-order valence-corrected chi connectivity index (χ0v) is 12.4. The van der Waals surface area contributed by atoms with Gasteiger partial charge in [0.1, 0.15) is 0 Å². The minimum Gasteiger partial charge on any atom is -0.354 e.